The third-order valence-corrected chi connectivity index (χ3v) is 5.78. The molecule has 0 saturated carbocycles. The number of methoxy groups -OCH3 is 1. The number of benzene rings is 2. The fourth-order valence-electron chi connectivity index (χ4n) is 4.00. The van der Waals surface area contributed by atoms with Crippen molar-refractivity contribution in [2.75, 3.05) is 51.3 Å². The van der Waals surface area contributed by atoms with E-state index in [1.54, 1.807) is 31.4 Å². The first-order valence-corrected chi connectivity index (χ1v) is 10.2. The van der Waals surface area contributed by atoms with Gasteiger partial charge >= 0.3 is 0 Å². The van der Waals surface area contributed by atoms with Crippen LogP contribution in [-0.2, 0) is 0 Å². The molecule has 29 heavy (non-hydrogen) atoms. The number of hydrogen-bond acceptors (Lipinski definition) is 4. The van der Waals surface area contributed by atoms with E-state index in [0.29, 0.717) is 37.3 Å². The SMILES string of the molecule is COc1ccc(C(=O)N2CCN(C(=O)c3ccc(N4CCCC4)cc3)CC2)cc1. The molecule has 0 N–H and O–H groups in total. The molecule has 0 atom stereocenters. The Labute approximate surface area is 171 Å². The molecule has 0 radical (unpaired) electrons. The molecule has 0 unspecified atom stereocenters. The van der Waals surface area contributed by atoms with E-state index in [-0.39, 0.29) is 11.8 Å². The highest BCUT2D eigenvalue weighted by molar-refractivity contribution is 5.96. The number of anilines is 1. The first-order valence-electron chi connectivity index (χ1n) is 10.2. The normalized spacial score (nSPS) is 16.8. The topological polar surface area (TPSA) is 53.1 Å². The number of ether oxygens (including phenoxy) is 1. The number of nitrogens with zero attached hydrogens (tertiary/aromatic N) is 3. The fraction of sp³-hybridized carbons (Fsp3) is 0.391. The van der Waals surface area contributed by atoms with Gasteiger partial charge in [0.05, 0.1) is 7.11 Å². The molecule has 2 aromatic carbocycles. The molecule has 0 bridgehead atoms. The summed E-state index contributed by atoms with van der Waals surface area (Å²) in [6, 6.07) is 15.1. The van der Waals surface area contributed by atoms with Crippen LogP contribution in [0.25, 0.3) is 0 Å². The molecule has 2 saturated heterocycles. The lowest BCUT2D eigenvalue weighted by molar-refractivity contribution is 0.0535. The maximum Gasteiger partial charge on any atom is 0.253 e. The number of carbonyl (C=O) groups is 2. The Morgan fingerprint density at radius 1 is 0.690 bits per heavy atom. The van der Waals surface area contributed by atoms with Gasteiger partial charge in [-0.1, -0.05) is 0 Å². The van der Waals surface area contributed by atoms with Gasteiger partial charge in [-0.25, -0.2) is 0 Å². The Hall–Kier alpha value is -3.02. The molecule has 4 rings (SSSR count). The van der Waals surface area contributed by atoms with Crippen molar-refractivity contribution in [3.8, 4) is 5.75 Å². The zero-order valence-electron chi connectivity index (χ0n) is 16.8. The average Bonchev–Trinajstić information content (AvgIpc) is 3.33. The fourth-order valence-corrected chi connectivity index (χ4v) is 4.00. The first-order chi connectivity index (χ1) is 14.2. The summed E-state index contributed by atoms with van der Waals surface area (Å²) in [6.45, 7) is 4.38. The largest absolute Gasteiger partial charge is 0.497 e. The number of hydrogen-bond donors (Lipinski definition) is 0. The Morgan fingerprint density at radius 3 is 1.59 bits per heavy atom. The second-order valence-electron chi connectivity index (χ2n) is 7.55. The molecule has 0 aromatic heterocycles. The standard InChI is InChI=1S/C23H27N3O3/c1-29-21-10-6-19(7-11-21)23(28)26-16-14-25(15-17-26)22(27)18-4-8-20(9-5-18)24-12-2-3-13-24/h4-11H,2-3,12-17H2,1H3. The molecule has 2 aliphatic heterocycles. The number of piperazine rings is 1. The first kappa shape index (κ1) is 19.3. The van der Waals surface area contributed by atoms with E-state index in [1.165, 1.54) is 18.5 Å². The maximum absolute atomic E-state index is 12.8. The Morgan fingerprint density at radius 2 is 1.14 bits per heavy atom. The molecule has 0 spiro atoms. The molecule has 2 heterocycles. The summed E-state index contributed by atoms with van der Waals surface area (Å²) in [7, 11) is 1.60. The van der Waals surface area contributed by atoms with E-state index in [0.717, 1.165) is 18.8 Å². The summed E-state index contributed by atoms with van der Waals surface area (Å²) in [5.74, 6) is 0.761. The summed E-state index contributed by atoms with van der Waals surface area (Å²) in [4.78, 5) is 31.5. The van der Waals surface area contributed by atoms with Crippen molar-refractivity contribution in [2.45, 2.75) is 12.8 Å². The van der Waals surface area contributed by atoms with Crippen LogP contribution in [0.2, 0.25) is 0 Å². The smallest absolute Gasteiger partial charge is 0.253 e. The summed E-state index contributed by atoms with van der Waals surface area (Å²) in [5.41, 5.74) is 2.54. The minimum absolute atomic E-state index is 0.00489. The van der Waals surface area contributed by atoms with E-state index < -0.39 is 0 Å². The van der Waals surface area contributed by atoms with Gasteiger partial charge in [0, 0.05) is 56.1 Å². The molecular formula is C23H27N3O3. The summed E-state index contributed by atoms with van der Waals surface area (Å²) < 4.78 is 5.14. The van der Waals surface area contributed by atoms with Crippen molar-refractivity contribution in [3.05, 3.63) is 59.7 Å². The van der Waals surface area contributed by atoms with Gasteiger partial charge in [-0.05, 0) is 61.4 Å². The zero-order valence-corrected chi connectivity index (χ0v) is 16.8. The molecular weight excluding hydrogens is 366 g/mol. The van der Waals surface area contributed by atoms with E-state index >= 15 is 0 Å². The molecule has 2 aromatic rings. The van der Waals surface area contributed by atoms with E-state index in [1.807, 2.05) is 34.1 Å². The quantitative estimate of drug-likeness (QED) is 0.802. The van der Waals surface area contributed by atoms with Crippen LogP contribution in [0.5, 0.6) is 5.75 Å². The number of rotatable bonds is 4. The summed E-state index contributed by atoms with van der Waals surface area (Å²) in [5, 5.41) is 0. The van der Waals surface area contributed by atoms with Gasteiger partial charge in [-0.2, -0.15) is 0 Å². The van der Waals surface area contributed by atoms with Crippen molar-refractivity contribution < 1.29 is 14.3 Å². The Bertz CT molecular complexity index is 850. The Balaban J connectivity index is 1.33. The zero-order chi connectivity index (χ0) is 20.2. The van der Waals surface area contributed by atoms with Crippen LogP contribution in [0.15, 0.2) is 48.5 Å². The molecule has 6 heteroatoms. The average molecular weight is 393 g/mol. The van der Waals surface area contributed by atoms with Crippen LogP contribution >= 0.6 is 0 Å². The lowest BCUT2D eigenvalue weighted by Gasteiger charge is -2.35. The molecule has 2 amide bonds. The minimum atomic E-state index is -0.00489. The molecule has 2 aliphatic rings. The van der Waals surface area contributed by atoms with Gasteiger partial charge in [-0.15, -0.1) is 0 Å². The van der Waals surface area contributed by atoms with Crippen LogP contribution in [-0.4, -0.2) is 68.0 Å². The lowest BCUT2D eigenvalue weighted by atomic mass is 10.1. The molecule has 2 fully saturated rings. The van der Waals surface area contributed by atoms with Gasteiger partial charge < -0.3 is 19.4 Å². The third kappa shape index (κ3) is 4.21. The Kier molecular flexibility index (Phi) is 5.69. The van der Waals surface area contributed by atoms with Crippen LogP contribution in [0.4, 0.5) is 5.69 Å². The van der Waals surface area contributed by atoms with Crippen LogP contribution in [0.3, 0.4) is 0 Å². The van der Waals surface area contributed by atoms with Gasteiger partial charge in [0.15, 0.2) is 0 Å². The highest BCUT2D eigenvalue weighted by Gasteiger charge is 2.25. The van der Waals surface area contributed by atoms with E-state index in [9.17, 15) is 9.59 Å². The van der Waals surface area contributed by atoms with Crippen LogP contribution < -0.4 is 9.64 Å². The highest BCUT2D eigenvalue weighted by Crippen LogP contribution is 2.21. The van der Waals surface area contributed by atoms with Crippen molar-refractivity contribution >= 4 is 17.5 Å². The molecule has 0 aliphatic carbocycles. The summed E-state index contributed by atoms with van der Waals surface area (Å²) in [6.07, 6.45) is 2.47. The number of carbonyl (C=O) groups excluding carboxylic acids is 2. The predicted octanol–water partition coefficient (Wildman–Crippen LogP) is 2.89. The summed E-state index contributed by atoms with van der Waals surface area (Å²) >= 11 is 0. The van der Waals surface area contributed by atoms with E-state index in [4.69, 9.17) is 4.74 Å². The third-order valence-electron chi connectivity index (χ3n) is 5.78. The second-order valence-corrected chi connectivity index (χ2v) is 7.55. The monoisotopic (exact) mass is 393 g/mol. The van der Waals surface area contributed by atoms with E-state index in [2.05, 4.69) is 4.90 Å². The van der Waals surface area contributed by atoms with Crippen LogP contribution in [0.1, 0.15) is 33.6 Å². The van der Waals surface area contributed by atoms with Crippen molar-refractivity contribution in [1.82, 2.24) is 9.80 Å². The lowest BCUT2D eigenvalue weighted by Crippen LogP contribution is -2.50. The highest BCUT2D eigenvalue weighted by atomic mass is 16.5. The van der Waals surface area contributed by atoms with Crippen molar-refractivity contribution in [3.63, 3.8) is 0 Å². The van der Waals surface area contributed by atoms with Gasteiger partial charge in [0.25, 0.3) is 11.8 Å². The molecule has 152 valence electrons. The van der Waals surface area contributed by atoms with Gasteiger partial charge in [0.2, 0.25) is 0 Å². The van der Waals surface area contributed by atoms with Crippen molar-refractivity contribution in [1.29, 1.82) is 0 Å². The number of amides is 2. The van der Waals surface area contributed by atoms with Crippen LogP contribution in [0, 0.1) is 0 Å². The minimum Gasteiger partial charge on any atom is -0.497 e. The maximum atomic E-state index is 12.8. The predicted molar refractivity (Wildman–Crippen MR) is 113 cm³/mol. The van der Waals surface area contributed by atoms with Crippen molar-refractivity contribution in [2.24, 2.45) is 0 Å². The van der Waals surface area contributed by atoms with Gasteiger partial charge in [0.1, 0.15) is 5.75 Å². The molecule has 6 nitrogen and oxygen atoms in total. The van der Waals surface area contributed by atoms with Gasteiger partial charge in [-0.3, -0.25) is 9.59 Å². The second kappa shape index (κ2) is 8.55.